The second kappa shape index (κ2) is 8.08. The van der Waals surface area contributed by atoms with E-state index >= 15 is 0 Å². The third-order valence-electron chi connectivity index (χ3n) is 3.02. The smallest absolute Gasteiger partial charge is 0.195 e. The minimum absolute atomic E-state index is 0. The Bertz CT molecular complexity index is 446. The van der Waals surface area contributed by atoms with E-state index in [1.165, 1.54) is 0 Å². The summed E-state index contributed by atoms with van der Waals surface area (Å²) >= 11 is 6.28. The molecule has 1 aromatic rings. The highest BCUT2D eigenvalue weighted by atomic mass is 127. The van der Waals surface area contributed by atoms with Gasteiger partial charge in [-0.05, 0) is 11.6 Å². The van der Waals surface area contributed by atoms with Gasteiger partial charge in [-0.15, -0.1) is 24.0 Å². The highest BCUT2D eigenvalue weighted by Crippen LogP contribution is 2.29. The van der Waals surface area contributed by atoms with Gasteiger partial charge in [0.05, 0.1) is 6.54 Å². The topological polar surface area (TPSA) is 18.8 Å². The molecule has 0 radical (unpaired) electrons. The van der Waals surface area contributed by atoms with Gasteiger partial charge in [-0.2, -0.15) is 0 Å². The molecule has 0 fully saturated rings. The van der Waals surface area contributed by atoms with Gasteiger partial charge in [0.15, 0.2) is 5.96 Å². The summed E-state index contributed by atoms with van der Waals surface area (Å²) in [5.74, 6) is 0.958. The lowest BCUT2D eigenvalue weighted by Gasteiger charge is -2.27. The van der Waals surface area contributed by atoms with Gasteiger partial charge in [0.25, 0.3) is 0 Å². The first kappa shape index (κ1) is 19.5. The fourth-order valence-electron chi connectivity index (χ4n) is 2.05. The molecule has 20 heavy (non-hydrogen) atoms. The monoisotopic (exact) mass is 409 g/mol. The zero-order chi connectivity index (χ0) is 14.6. The summed E-state index contributed by atoms with van der Waals surface area (Å²) in [5.41, 5.74) is 1.05. The molecule has 0 unspecified atom stereocenters. The molecule has 5 heteroatoms. The van der Waals surface area contributed by atoms with Crippen molar-refractivity contribution in [2.75, 3.05) is 34.7 Å². The van der Waals surface area contributed by atoms with E-state index in [2.05, 4.69) is 19.9 Å². The molecule has 0 saturated heterocycles. The van der Waals surface area contributed by atoms with Crippen LogP contribution in [0.3, 0.4) is 0 Å². The number of nitrogens with zero attached hydrogens (tertiary/aromatic N) is 3. The summed E-state index contributed by atoms with van der Waals surface area (Å²) in [4.78, 5) is 8.75. The normalized spacial score (nSPS) is 10.6. The van der Waals surface area contributed by atoms with E-state index in [1.54, 1.807) is 0 Å². The highest BCUT2D eigenvalue weighted by Gasteiger charge is 2.23. The molecule has 0 aromatic heterocycles. The Kier molecular flexibility index (Phi) is 7.88. The Balaban J connectivity index is 0.00000361. The van der Waals surface area contributed by atoms with Crippen molar-refractivity contribution < 1.29 is 0 Å². The van der Waals surface area contributed by atoms with E-state index in [9.17, 15) is 0 Å². The van der Waals surface area contributed by atoms with Crippen LogP contribution in [0, 0.1) is 0 Å². The lowest BCUT2D eigenvalue weighted by atomic mass is 9.85. The zero-order valence-corrected chi connectivity index (χ0v) is 16.2. The Hall–Kier alpha value is -0.490. The number of guanidine groups is 1. The minimum atomic E-state index is -0.0877. The van der Waals surface area contributed by atoms with E-state index in [4.69, 9.17) is 16.6 Å². The van der Waals surface area contributed by atoms with Crippen LogP contribution in [-0.2, 0) is 5.41 Å². The summed E-state index contributed by atoms with van der Waals surface area (Å²) in [6.07, 6.45) is 0. The molecular formula is C15H25ClIN3. The highest BCUT2D eigenvalue weighted by molar-refractivity contribution is 14.0. The quantitative estimate of drug-likeness (QED) is 0.430. The van der Waals surface area contributed by atoms with Crippen molar-refractivity contribution >= 4 is 41.5 Å². The summed E-state index contributed by atoms with van der Waals surface area (Å²) < 4.78 is 0. The first-order chi connectivity index (χ1) is 8.75. The molecule has 3 nitrogen and oxygen atoms in total. The van der Waals surface area contributed by atoms with Gasteiger partial charge < -0.3 is 9.80 Å². The van der Waals surface area contributed by atoms with E-state index in [1.807, 2.05) is 56.2 Å². The van der Waals surface area contributed by atoms with Crippen molar-refractivity contribution in [3.05, 3.63) is 34.9 Å². The van der Waals surface area contributed by atoms with Gasteiger partial charge in [0.2, 0.25) is 0 Å². The van der Waals surface area contributed by atoms with Crippen molar-refractivity contribution in [1.29, 1.82) is 0 Å². The molecule has 0 heterocycles. The Labute approximate surface area is 145 Å². The van der Waals surface area contributed by atoms with Crippen LogP contribution in [-0.4, -0.2) is 50.5 Å². The molecule has 1 aromatic carbocycles. The fourth-order valence-corrected chi connectivity index (χ4v) is 2.44. The SMILES string of the molecule is CN(C)C(=NCC(C)(C)c1ccccc1Cl)N(C)C.I. The van der Waals surface area contributed by atoms with Gasteiger partial charge in [-0.25, -0.2) is 0 Å². The zero-order valence-electron chi connectivity index (χ0n) is 13.1. The van der Waals surface area contributed by atoms with Crippen LogP contribution in [0.4, 0.5) is 0 Å². The lowest BCUT2D eigenvalue weighted by molar-refractivity contribution is 0.464. The van der Waals surface area contributed by atoms with E-state index in [0.29, 0.717) is 6.54 Å². The molecular weight excluding hydrogens is 385 g/mol. The number of hydrogen-bond donors (Lipinski definition) is 0. The maximum Gasteiger partial charge on any atom is 0.195 e. The van der Waals surface area contributed by atoms with Crippen LogP contribution in [0.1, 0.15) is 19.4 Å². The predicted octanol–water partition coefficient (Wildman–Crippen LogP) is 3.71. The molecule has 0 aliphatic carbocycles. The fraction of sp³-hybridized carbons (Fsp3) is 0.533. The standard InChI is InChI=1S/C15H24ClN3.HI/c1-15(2,12-9-7-8-10-13(12)16)11-17-14(18(3)4)19(5)6;/h7-10H,11H2,1-6H3;1H. The summed E-state index contributed by atoms with van der Waals surface area (Å²) in [5, 5.41) is 0.805. The van der Waals surface area contributed by atoms with Crippen molar-refractivity contribution in [3.63, 3.8) is 0 Å². The van der Waals surface area contributed by atoms with Crippen LogP contribution >= 0.6 is 35.6 Å². The van der Waals surface area contributed by atoms with Crippen LogP contribution in [0.25, 0.3) is 0 Å². The molecule has 1 rings (SSSR count). The Morgan fingerprint density at radius 1 is 1.10 bits per heavy atom. The van der Waals surface area contributed by atoms with Crippen molar-refractivity contribution in [2.24, 2.45) is 4.99 Å². The van der Waals surface area contributed by atoms with Gasteiger partial charge >= 0.3 is 0 Å². The number of halogens is 2. The van der Waals surface area contributed by atoms with Crippen molar-refractivity contribution in [1.82, 2.24) is 9.80 Å². The second-order valence-electron chi connectivity index (χ2n) is 5.77. The van der Waals surface area contributed by atoms with Crippen LogP contribution < -0.4 is 0 Å². The molecule has 114 valence electrons. The van der Waals surface area contributed by atoms with E-state index < -0.39 is 0 Å². The van der Waals surface area contributed by atoms with Crippen molar-refractivity contribution in [2.45, 2.75) is 19.3 Å². The largest absolute Gasteiger partial charge is 0.349 e. The maximum absolute atomic E-state index is 6.28. The Morgan fingerprint density at radius 3 is 2.05 bits per heavy atom. The molecule has 0 aliphatic rings. The molecule has 0 bridgehead atoms. The number of hydrogen-bond acceptors (Lipinski definition) is 1. The average molecular weight is 410 g/mol. The van der Waals surface area contributed by atoms with Gasteiger partial charge in [-0.1, -0.05) is 43.6 Å². The first-order valence-electron chi connectivity index (χ1n) is 6.40. The first-order valence-corrected chi connectivity index (χ1v) is 6.77. The summed E-state index contributed by atoms with van der Waals surface area (Å²) in [6, 6.07) is 7.98. The molecule has 0 N–H and O–H groups in total. The number of benzene rings is 1. The maximum atomic E-state index is 6.28. The molecule has 0 spiro atoms. The summed E-state index contributed by atoms with van der Waals surface area (Å²) in [7, 11) is 8.01. The second-order valence-corrected chi connectivity index (χ2v) is 6.18. The average Bonchev–Trinajstić information content (AvgIpc) is 2.28. The van der Waals surface area contributed by atoms with Crippen LogP contribution in [0.2, 0.25) is 5.02 Å². The third kappa shape index (κ3) is 5.13. The predicted molar refractivity (Wildman–Crippen MR) is 99.6 cm³/mol. The minimum Gasteiger partial charge on any atom is -0.349 e. The molecule has 0 aliphatic heterocycles. The van der Waals surface area contributed by atoms with E-state index in [-0.39, 0.29) is 29.4 Å². The van der Waals surface area contributed by atoms with Crippen molar-refractivity contribution in [3.8, 4) is 0 Å². The number of rotatable bonds is 3. The van der Waals surface area contributed by atoms with Gasteiger partial charge in [-0.3, -0.25) is 4.99 Å². The number of aliphatic imine (C=N–C) groups is 1. The Morgan fingerprint density at radius 2 is 1.60 bits per heavy atom. The van der Waals surface area contributed by atoms with E-state index in [0.717, 1.165) is 16.5 Å². The van der Waals surface area contributed by atoms with Gasteiger partial charge in [0.1, 0.15) is 0 Å². The molecule has 0 atom stereocenters. The van der Waals surface area contributed by atoms with Crippen LogP contribution in [0.5, 0.6) is 0 Å². The molecule has 0 saturated carbocycles. The molecule has 0 amide bonds. The third-order valence-corrected chi connectivity index (χ3v) is 3.35. The van der Waals surface area contributed by atoms with Crippen LogP contribution in [0.15, 0.2) is 29.3 Å². The summed E-state index contributed by atoms with van der Waals surface area (Å²) in [6.45, 7) is 5.03. The van der Waals surface area contributed by atoms with Gasteiger partial charge in [0, 0.05) is 38.6 Å². The lowest BCUT2D eigenvalue weighted by Crippen LogP contribution is -2.36.